The summed E-state index contributed by atoms with van der Waals surface area (Å²) in [5, 5.41) is 12.3. The molecule has 0 saturated heterocycles. The number of hydrogen-bond acceptors (Lipinski definition) is 4. The third-order valence-electron chi connectivity index (χ3n) is 4.55. The van der Waals surface area contributed by atoms with Gasteiger partial charge in [0.05, 0.1) is 24.3 Å². The van der Waals surface area contributed by atoms with Gasteiger partial charge in [-0.2, -0.15) is 5.26 Å². The Morgan fingerprint density at radius 2 is 1.55 bits per heavy atom. The molecule has 4 heteroatoms. The first-order chi connectivity index (χ1) is 14.1. The highest BCUT2D eigenvalue weighted by molar-refractivity contribution is 5.89. The van der Waals surface area contributed by atoms with Gasteiger partial charge in [0, 0.05) is 12.2 Å². The van der Waals surface area contributed by atoms with Crippen molar-refractivity contribution in [3.05, 3.63) is 95.1 Å². The number of nitrogens with zero attached hydrogens (tertiary/aromatic N) is 1. The Morgan fingerprint density at radius 3 is 2.10 bits per heavy atom. The van der Waals surface area contributed by atoms with Crippen molar-refractivity contribution in [2.75, 3.05) is 19.0 Å². The lowest BCUT2D eigenvalue weighted by Gasteiger charge is -2.09. The standard InChI is InChI=1S/C25H22N2O2/c1-18(15-19-3-9-23(10-4-19)25(28)29-2)17-27-24-13-11-22(12-14-24)21-7-5-20(16-26)6-8-21/h3-15,27H,17H2,1-2H3. The van der Waals surface area contributed by atoms with Crippen molar-refractivity contribution in [3.8, 4) is 17.2 Å². The van der Waals surface area contributed by atoms with Gasteiger partial charge in [-0.3, -0.25) is 0 Å². The van der Waals surface area contributed by atoms with Crippen LogP contribution in [0, 0.1) is 11.3 Å². The van der Waals surface area contributed by atoms with Gasteiger partial charge in [0.2, 0.25) is 0 Å². The Hall–Kier alpha value is -3.84. The molecule has 0 aliphatic heterocycles. The van der Waals surface area contributed by atoms with Crippen LogP contribution < -0.4 is 5.32 Å². The Bertz CT molecular complexity index is 1040. The summed E-state index contributed by atoms with van der Waals surface area (Å²) in [5.74, 6) is -0.330. The molecular formula is C25H22N2O2. The van der Waals surface area contributed by atoms with Crippen LogP contribution in [0.5, 0.6) is 0 Å². The van der Waals surface area contributed by atoms with E-state index >= 15 is 0 Å². The maximum absolute atomic E-state index is 11.5. The fourth-order valence-electron chi connectivity index (χ4n) is 2.93. The van der Waals surface area contributed by atoms with Crippen LogP contribution in [0.1, 0.15) is 28.4 Å². The van der Waals surface area contributed by atoms with Crippen LogP contribution in [0.25, 0.3) is 17.2 Å². The predicted octanol–water partition coefficient (Wildman–Crippen LogP) is 5.53. The monoisotopic (exact) mass is 382 g/mol. The molecule has 4 nitrogen and oxygen atoms in total. The predicted molar refractivity (Wildman–Crippen MR) is 117 cm³/mol. The first kappa shape index (κ1) is 19.9. The second-order valence-electron chi connectivity index (χ2n) is 6.72. The minimum absolute atomic E-state index is 0.330. The molecule has 0 saturated carbocycles. The SMILES string of the molecule is COC(=O)c1ccc(C=C(C)CNc2ccc(-c3ccc(C#N)cc3)cc2)cc1. The first-order valence-electron chi connectivity index (χ1n) is 9.29. The number of methoxy groups -OCH3 is 1. The molecule has 0 amide bonds. The molecule has 0 aliphatic rings. The number of carbonyl (C=O) groups excluding carboxylic acids is 1. The molecule has 0 aliphatic carbocycles. The maximum Gasteiger partial charge on any atom is 0.337 e. The average molecular weight is 382 g/mol. The van der Waals surface area contributed by atoms with Crippen LogP contribution in [-0.2, 0) is 4.74 Å². The van der Waals surface area contributed by atoms with Crippen molar-refractivity contribution < 1.29 is 9.53 Å². The minimum atomic E-state index is -0.330. The minimum Gasteiger partial charge on any atom is -0.465 e. The molecule has 0 fully saturated rings. The van der Waals surface area contributed by atoms with Crippen molar-refractivity contribution >= 4 is 17.7 Å². The molecule has 0 bridgehead atoms. The molecule has 0 atom stereocenters. The summed E-state index contributed by atoms with van der Waals surface area (Å²) in [4.78, 5) is 11.5. The number of nitriles is 1. The van der Waals surface area contributed by atoms with Crippen LogP contribution in [0.3, 0.4) is 0 Å². The second-order valence-corrected chi connectivity index (χ2v) is 6.72. The van der Waals surface area contributed by atoms with E-state index in [0.717, 1.165) is 28.9 Å². The summed E-state index contributed by atoms with van der Waals surface area (Å²) in [6.45, 7) is 2.78. The molecule has 3 aromatic carbocycles. The number of anilines is 1. The zero-order valence-electron chi connectivity index (χ0n) is 16.5. The summed E-state index contributed by atoms with van der Waals surface area (Å²) in [6.07, 6.45) is 2.08. The van der Waals surface area contributed by atoms with Gasteiger partial charge in [0.1, 0.15) is 0 Å². The topological polar surface area (TPSA) is 62.1 Å². The molecule has 29 heavy (non-hydrogen) atoms. The molecule has 0 spiro atoms. The average Bonchev–Trinajstić information content (AvgIpc) is 2.78. The Kier molecular flexibility index (Phi) is 6.44. The summed E-state index contributed by atoms with van der Waals surface area (Å²) >= 11 is 0. The van der Waals surface area contributed by atoms with E-state index in [4.69, 9.17) is 10.00 Å². The van der Waals surface area contributed by atoms with Gasteiger partial charge >= 0.3 is 5.97 Å². The molecule has 0 radical (unpaired) electrons. The smallest absolute Gasteiger partial charge is 0.337 e. The third kappa shape index (κ3) is 5.33. The molecule has 3 aromatic rings. The van der Waals surface area contributed by atoms with E-state index in [0.29, 0.717) is 11.1 Å². The van der Waals surface area contributed by atoms with Gasteiger partial charge in [-0.15, -0.1) is 0 Å². The molecule has 0 aromatic heterocycles. The van der Waals surface area contributed by atoms with Crippen LogP contribution >= 0.6 is 0 Å². The van der Waals surface area contributed by atoms with E-state index in [1.54, 1.807) is 12.1 Å². The lowest BCUT2D eigenvalue weighted by molar-refractivity contribution is 0.0600. The van der Waals surface area contributed by atoms with Crippen LogP contribution in [0.15, 0.2) is 78.4 Å². The van der Waals surface area contributed by atoms with E-state index in [1.807, 2.05) is 48.5 Å². The van der Waals surface area contributed by atoms with Gasteiger partial charge in [-0.25, -0.2) is 4.79 Å². The number of benzene rings is 3. The number of hydrogen-bond donors (Lipinski definition) is 1. The highest BCUT2D eigenvalue weighted by Gasteiger charge is 2.04. The maximum atomic E-state index is 11.5. The number of carbonyl (C=O) groups is 1. The Balaban J connectivity index is 1.59. The van der Waals surface area contributed by atoms with Crippen LogP contribution in [-0.4, -0.2) is 19.6 Å². The number of rotatable bonds is 6. The second kappa shape index (κ2) is 9.38. The van der Waals surface area contributed by atoms with E-state index < -0.39 is 0 Å². The highest BCUT2D eigenvalue weighted by atomic mass is 16.5. The number of ether oxygens (including phenoxy) is 1. The summed E-state index contributed by atoms with van der Waals surface area (Å²) in [6, 6.07) is 25.3. The summed E-state index contributed by atoms with van der Waals surface area (Å²) < 4.78 is 4.71. The zero-order chi connectivity index (χ0) is 20.6. The molecule has 0 heterocycles. The van der Waals surface area contributed by atoms with E-state index in [9.17, 15) is 4.79 Å². The quantitative estimate of drug-likeness (QED) is 0.570. The summed E-state index contributed by atoms with van der Waals surface area (Å²) in [5.41, 5.74) is 6.65. The third-order valence-corrected chi connectivity index (χ3v) is 4.55. The first-order valence-corrected chi connectivity index (χ1v) is 9.29. The van der Waals surface area contributed by atoms with Gasteiger partial charge in [0.15, 0.2) is 0 Å². The van der Waals surface area contributed by atoms with Gasteiger partial charge in [-0.1, -0.05) is 48.0 Å². The number of nitrogens with one attached hydrogen (secondary N) is 1. The van der Waals surface area contributed by atoms with Crippen molar-refractivity contribution in [2.24, 2.45) is 0 Å². The summed E-state index contributed by atoms with van der Waals surface area (Å²) in [7, 11) is 1.38. The lowest BCUT2D eigenvalue weighted by Crippen LogP contribution is -2.02. The fourth-order valence-corrected chi connectivity index (χ4v) is 2.93. The molecule has 1 N–H and O–H groups in total. The van der Waals surface area contributed by atoms with Crippen molar-refractivity contribution in [1.29, 1.82) is 5.26 Å². The Morgan fingerprint density at radius 1 is 0.966 bits per heavy atom. The van der Waals surface area contributed by atoms with Gasteiger partial charge < -0.3 is 10.1 Å². The lowest BCUT2D eigenvalue weighted by atomic mass is 10.0. The van der Waals surface area contributed by atoms with Crippen molar-refractivity contribution in [3.63, 3.8) is 0 Å². The van der Waals surface area contributed by atoms with E-state index in [2.05, 4.69) is 36.5 Å². The largest absolute Gasteiger partial charge is 0.465 e. The van der Waals surface area contributed by atoms with Gasteiger partial charge in [0.25, 0.3) is 0 Å². The van der Waals surface area contributed by atoms with E-state index in [-0.39, 0.29) is 5.97 Å². The normalized spacial score (nSPS) is 10.9. The van der Waals surface area contributed by atoms with Crippen LogP contribution in [0.4, 0.5) is 5.69 Å². The highest BCUT2D eigenvalue weighted by Crippen LogP contribution is 2.22. The van der Waals surface area contributed by atoms with Gasteiger partial charge in [-0.05, 0) is 60.0 Å². The fraction of sp³-hybridized carbons (Fsp3) is 0.120. The zero-order valence-corrected chi connectivity index (χ0v) is 16.5. The number of esters is 1. The van der Waals surface area contributed by atoms with Crippen LogP contribution in [0.2, 0.25) is 0 Å². The molecular weight excluding hydrogens is 360 g/mol. The molecule has 144 valence electrons. The Labute approximate surface area is 171 Å². The van der Waals surface area contributed by atoms with E-state index in [1.165, 1.54) is 12.7 Å². The van der Waals surface area contributed by atoms with Crippen molar-refractivity contribution in [2.45, 2.75) is 6.92 Å². The molecule has 0 unspecified atom stereocenters. The van der Waals surface area contributed by atoms with Crippen molar-refractivity contribution in [1.82, 2.24) is 0 Å². The molecule has 3 rings (SSSR count).